The quantitative estimate of drug-likeness (QED) is 0.699. The SMILES string of the molecule is COC(=O)CNC(=O)NC1CC(=O)N(C(C)(C)C)C1. The Morgan fingerprint density at radius 3 is 2.53 bits per heavy atom. The molecule has 7 nitrogen and oxygen atoms in total. The smallest absolute Gasteiger partial charge is 0.325 e. The number of likely N-dealkylation sites (tertiary alicyclic amines) is 1. The molecule has 7 heteroatoms. The van der Waals surface area contributed by atoms with Gasteiger partial charge in [-0.3, -0.25) is 9.59 Å². The minimum atomic E-state index is -0.519. The summed E-state index contributed by atoms with van der Waals surface area (Å²) in [5.41, 5.74) is -0.254. The molecular formula is C12H21N3O4. The van der Waals surface area contributed by atoms with Crippen LogP contribution >= 0.6 is 0 Å². The Morgan fingerprint density at radius 2 is 2.05 bits per heavy atom. The molecule has 1 fully saturated rings. The van der Waals surface area contributed by atoms with Gasteiger partial charge in [-0.15, -0.1) is 0 Å². The fourth-order valence-corrected chi connectivity index (χ4v) is 1.91. The predicted octanol–water partition coefficient (Wildman–Crippen LogP) is -0.142. The first-order chi connectivity index (χ1) is 8.74. The van der Waals surface area contributed by atoms with Crippen LogP contribution in [-0.2, 0) is 14.3 Å². The van der Waals surface area contributed by atoms with Gasteiger partial charge in [0, 0.05) is 18.5 Å². The van der Waals surface area contributed by atoms with E-state index in [9.17, 15) is 14.4 Å². The van der Waals surface area contributed by atoms with Gasteiger partial charge in [-0.25, -0.2) is 4.79 Å². The summed E-state index contributed by atoms with van der Waals surface area (Å²) in [6.07, 6.45) is 0.281. The number of nitrogens with zero attached hydrogens (tertiary/aromatic N) is 1. The fraction of sp³-hybridized carbons (Fsp3) is 0.750. The van der Waals surface area contributed by atoms with E-state index in [4.69, 9.17) is 0 Å². The second-order valence-corrected chi connectivity index (χ2v) is 5.48. The number of esters is 1. The summed E-state index contributed by atoms with van der Waals surface area (Å²) in [4.78, 5) is 35.9. The van der Waals surface area contributed by atoms with Gasteiger partial charge in [0.2, 0.25) is 5.91 Å². The Morgan fingerprint density at radius 1 is 1.42 bits per heavy atom. The maximum atomic E-state index is 11.8. The van der Waals surface area contributed by atoms with Crippen LogP contribution in [0.5, 0.6) is 0 Å². The Balaban J connectivity index is 2.41. The maximum absolute atomic E-state index is 11.8. The molecule has 1 aliphatic heterocycles. The number of carbonyl (C=O) groups excluding carboxylic acids is 3. The summed E-state index contributed by atoms with van der Waals surface area (Å²) >= 11 is 0. The third-order valence-corrected chi connectivity index (χ3v) is 2.89. The van der Waals surface area contributed by atoms with Crippen LogP contribution in [0.15, 0.2) is 0 Å². The number of ether oxygens (including phenoxy) is 1. The number of rotatable bonds is 3. The van der Waals surface area contributed by atoms with Gasteiger partial charge in [-0.2, -0.15) is 0 Å². The highest BCUT2D eigenvalue weighted by Crippen LogP contribution is 2.21. The maximum Gasteiger partial charge on any atom is 0.325 e. The van der Waals surface area contributed by atoms with Crippen molar-refractivity contribution in [3.05, 3.63) is 0 Å². The van der Waals surface area contributed by atoms with E-state index < -0.39 is 12.0 Å². The van der Waals surface area contributed by atoms with Gasteiger partial charge in [0.15, 0.2) is 0 Å². The lowest BCUT2D eigenvalue weighted by Gasteiger charge is -2.32. The standard InChI is InChI=1S/C12H21N3O4/c1-12(2,3)15-7-8(5-9(15)16)14-11(18)13-6-10(17)19-4/h8H,5-7H2,1-4H3,(H2,13,14,18). The Labute approximate surface area is 112 Å². The molecule has 3 amide bonds. The average Bonchev–Trinajstić information content (AvgIpc) is 2.66. The molecule has 1 heterocycles. The summed E-state index contributed by atoms with van der Waals surface area (Å²) in [6, 6.07) is -0.705. The molecule has 1 aliphatic rings. The number of hydrogen-bond donors (Lipinski definition) is 2. The predicted molar refractivity (Wildman–Crippen MR) is 68.4 cm³/mol. The lowest BCUT2D eigenvalue weighted by Crippen LogP contribution is -2.47. The van der Waals surface area contributed by atoms with Crippen molar-refractivity contribution in [2.45, 2.75) is 38.8 Å². The van der Waals surface area contributed by atoms with Crippen LogP contribution in [0, 0.1) is 0 Å². The highest BCUT2D eigenvalue weighted by molar-refractivity contribution is 5.83. The molecule has 19 heavy (non-hydrogen) atoms. The van der Waals surface area contributed by atoms with Gasteiger partial charge in [0.25, 0.3) is 0 Å². The van der Waals surface area contributed by atoms with Gasteiger partial charge in [-0.1, -0.05) is 0 Å². The van der Waals surface area contributed by atoms with Crippen LogP contribution in [-0.4, -0.2) is 54.6 Å². The largest absolute Gasteiger partial charge is 0.468 e. The summed E-state index contributed by atoms with van der Waals surface area (Å²) < 4.78 is 4.41. The van der Waals surface area contributed by atoms with Crippen molar-refractivity contribution in [1.82, 2.24) is 15.5 Å². The van der Waals surface area contributed by atoms with Crippen molar-refractivity contribution in [1.29, 1.82) is 0 Å². The molecule has 1 unspecified atom stereocenters. The van der Waals surface area contributed by atoms with Crippen LogP contribution in [0.1, 0.15) is 27.2 Å². The summed E-state index contributed by atoms with van der Waals surface area (Å²) in [7, 11) is 1.25. The lowest BCUT2D eigenvalue weighted by molar-refractivity contribution is -0.139. The van der Waals surface area contributed by atoms with Crippen molar-refractivity contribution >= 4 is 17.9 Å². The van der Waals surface area contributed by atoms with E-state index >= 15 is 0 Å². The Bertz CT molecular complexity index is 376. The third kappa shape index (κ3) is 4.42. The lowest BCUT2D eigenvalue weighted by atomic mass is 10.1. The first kappa shape index (κ1) is 15.3. The normalized spacial score (nSPS) is 19.3. The summed E-state index contributed by atoms with van der Waals surface area (Å²) in [6.45, 7) is 6.14. The number of amides is 3. The van der Waals surface area contributed by atoms with E-state index in [1.54, 1.807) is 4.90 Å². The molecule has 0 aromatic carbocycles. The van der Waals surface area contributed by atoms with Gasteiger partial charge in [-0.05, 0) is 20.8 Å². The Hall–Kier alpha value is -1.79. The molecule has 0 aliphatic carbocycles. The van der Waals surface area contributed by atoms with Gasteiger partial charge in [0.05, 0.1) is 13.2 Å². The van der Waals surface area contributed by atoms with Crippen LogP contribution in [0.2, 0.25) is 0 Å². The van der Waals surface area contributed by atoms with Crippen LogP contribution < -0.4 is 10.6 Å². The van der Waals surface area contributed by atoms with E-state index in [1.165, 1.54) is 7.11 Å². The number of urea groups is 1. The zero-order chi connectivity index (χ0) is 14.6. The third-order valence-electron chi connectivity index (χ3n) is 2.89. The molecule has 2 N–H and O–H groups in total. The molecule has 0 spiro atoms. The van der Waals surface area contributed by atoms with Crippen molar-refractivity contribution in [2.24, 2.45) is 0 Å². The number of nitrogens with one attached hydrogen (secondary N) is 2. The molecule has 0 aromatic heterocycles. The van der Waals surface area contributed by atoms with Crippen molar-refractivity contribution in [2.75, 3.05) is 20.2 Å². The molecule has 1 rings (SSSR count). The minimum Gasteiger partial charge on any atom is -0.468 e. The first-order valence-corrected chi connectivity index (χ1v) is 6.15. The number of hydrogen-bond acceptors (Lipinski definition) is 4. The zero-order valence-corrected chi connectivity index (χ0v) is 11.8. The molecule has 0 aromatic rings. The molecule has 0 saturated carbocycles. The number of carbonyl (C=O) groups is 3. The topological polar surface area (TPSA) is 87.7 Å². The van der Waals surface area contributed by atoms with E-state index in [2.05, 4.69) is 15.4 Å². The van der Waals surface area contributed by atoms with E-state index in [0.717, 1.165) is 0 Å². The van der Waals surface area contributed by atoms with E-state index in [0.29, 0.717) is 6.54 Å². The fourth-order valence-electron chi connectivity index (χ4n) is 1.91. The molecule has 1 atom stereocenters. The second kappa shape index (κ2) is 5.90. The second-order valence-electron chi connectivity index (χ2n) is 5.48. The van der Waals surface area contributed by atoms with Crippen LogP contribution in [0.4, 0.5) is 4.79 Å². The van der Waals surface area contributed by atoms with E-state index in [1.807, 2.05) is 20.8 Å². The van der Waals surface area contributed by atoms with Crippen molar-refractivity contribution in [3.8, 4) is 0 Å². The van der Waals surface area contributed by atoms with Crippen molar-refractivity contribution < 1.29 is 19.1 Å². The molecule has 0 bridgehead atoms. The van der Waals surface area contributed by atoms with E-state index in [-0.39, 0.29) is 30.5 Å². The Kier molecular flexibility index (Phi) is 4.74. The summed E-state index contributed by atoms with van der Waals surface area (Å²) in [5.74, 6) is -0.500. The monoisotopic (exact) mass is 271 g/mol. The van der Waals surface area contributed by atoms with Gasteiger partial charge in [0.1, 0.15) is 6.54 Å². The first-order valence-electron chi connectivity index (χ1n) is 6.15. The van der Waals surface area contributed by atoms with Gasteiger partial charge >= 0.3 is 12.0 Å². The highest BCUT2D eigenvalue weighted by atomic mass is 16.5. The average molecular weight is 271 g/mol. The van der Waals surface area contributed by atoms with Crippen molar-refractivity contribution in [3.63, 3.8) is 0 Å². The zero-order valence-electron chi connectivity index (χ0n) is 11.8. The number of methoxy groups -OCH3 is 1. The molecule has 1 saturated heterocycles. The highest BCUT2D eigenvalue weighted by Gasteiger charge is 2.36. The van der Waals surface area contributed by atoms with Crippen LogP contribution in [0.3, 0.4) is 0 Å². The molecule has 0 radical (unpaired) electrons. The van der Waals surface area contributed by atoms with Gasteiger partial charge < -0.3 is 20.3 Å². The molecule has 108 valence electrons. The minimum absolute atomic E-state index is 0.0192. The van der Waals surface area contributed by atoms with Crippen LogP contribution in [0.25, 0.3) is 0 Å². The summed E-state index contributed by atoms with van der Waals surface area (Å²) in [5, 5.41) is 5.04. The molecular weight excluding hydrogens is 250 g/mol.